The van der Waals surface area contributed by atoms with Gasteiger partial charge in [0.05, 0.1) is 0 Å². The highest BCUT2D eigenvalue weighted by atomic mass is 16.3. The number of rotatable bonds is 6. The Morgan fingerprint density at radius 1 is 1.00 bits per heavy atom. The van der Waals surface area contributed by atoms with Gasteiger partial charge < -0.3 is 4.85 Å². The van der Waals surface area contributed by atoms with Crippen molar-refractivity contribution in [3.63, 3.8) is 0 Å². The predicted octanol–water partition coefficient (Wildman–Crippen LogP) is 7.28. The number of amides is 1. The van der Waals surface area contributed by atoms with E-state index < -0.39 is 0 Å². The van der Waals surface area contributed by atoms with Crippen LogP contribution in [0.25, 0.3) is 16.0 Å². The fourth-order valence-electron chi connectivity index (χ4n) is 3.13. The van der Waals surface area contributed by atoms with E-state index in [-0.39, 0.29) is 14.5 Å². The highest BCUT2D eigenvalue weighted by molar-refractivity contribution is 5.91. The second kappa shape index (κ2) is 22.0. The molecule has 2 aromatic rings. The number of hydrogen-bond acceptors (Lipinski definition) is 5. The normalized spacial score (nSPS) is 10.0. The number of pyridine rings is 1. The number of imidazole rings is 1. The molecular weight excluding hydrogens is 556 g/mol. The average molecular weight is 595 g/mol. The van der Waals surface area contributed by atoms with Gasteiger partial charge in [-0.25, -0.2) is 4.98 Å². The van der Waals surface area contributed by atoms with Crippen LogP contribution in [0.5, 0.6) is 0 Å². The lowest BCUT2D eigenvalue weighted by Crippen LogP contribution is -2.22. The SMILES string of the molecule is CC#CC#CC#CC#CC#CC#CC#CC.N=N/N=N/N=O.[C-]#[N+]c1ccc2nc(NC(=O)CC(C)C)n(C3CCC3)c2n1.[HH].[HH].[HH].[HH].[HH].[HH]. The van der Waals surface area contributed by atoms with E-state index in [0.29, 0.717) is 35.8 Å². The molecule has 1 saturated carbocycles. The highest BCUT2D eigenvalue weighted by Crippen LogP contribution is 2.37. The van der Waals surface area contributed by atoms with E-state index >= 15 is 0 Å². The number of aromatic nitrogens is 3. The summed E-state index contributed by atoms with van der Waals surface area (Å²) >= 11 is 0. The van der Waals surface area contributed by atoms with Gasteiger partial charge in [-0.1, -0.05) is 37.2 Å². The summed E-state index contributed by atoms with van der Waals surface area (Å²) in [7, 11) is 0. The fourth-order valence-corrected chi connectivity index (χ4v) is 3.13. The van der Waals surface area contributed by atoms with E-state index in [1.165, 1.54) is 6.42 Å². The third kappa shape index (κ3) is 14.1. The molecule has 12 nitrogen and oxygen atoms in total. The third-order valence-electron chi connectivity index (χ3n) is 4.98. The van der Waals surface area contributed by atoms with E-state index in [2.05, 4.69) is 119 Å². The Labute approximate surface area is 265 Å². The van der Waals surface area contributed by atoms with Crippen LogP contribution < -0.4 is 5.32 Å². The van der Waals surface area contributed by atoms with Gasteiger partial charge in [-0.05, 0) is 133 Å². The maximum absolute atomic E-state index is 12.1. The highest BCUT2D eigenvalue weighted by Gasteiger charge is 2.28. The minimum absolute atomic E-state index is 0. The van der Waals surface area contributed by atoms with Crippen molar-refractivity contribution >= 4 is 28.8 Å². The summed E-state index contributed by atoms with van der Waals surface area (Å²) in [6, 6.07) is 3.77. The first kappa shape index (κ1) is 35.3. The summed E-state index contributed by atoms with van der Waals surface area (Å²) in [6.45, 7) is 14.6. The Morgan fingerprint density at radius 3 is 1.93 bits per heavy atom. The van der Waals surface area contributed by atoms with Crippen molar-refractivity contribution in [1.82, 2.24) is 14.5 Å². The Kier molecular flexibility index (Phi) is 17.7. The van der Waals surface area contributed by atoms with Gasteiger partial charge in [0.15, 0.2) is 0 Å². The molecule has 0 spiro atoms. The molecule has 3 rings (SSSR count). The summed E-state index contributed by atoms with van der Waals surface area (Å²) in [5.41, 5.74) is 7.29. The van der Waals surface area contributed by atoms with Crippen molar-refractivity contribution in [2.24, 2.45) is 26.9 Å². The molecule has 2 N–H and O–H groups in total. The molecule has 0 bridgehead atoms. The van der Waals surface area contributed by atoms with E-state index in [0.717, 1.165) is 18.4 Å². The molecule has 0 radical (unpaired) electrons. The first-order valence-electron chi connectivity index (χ1n) is 12.9. The minimum Gasteiger partial charge on any atom is -0.361 e. The Hall–Kier alpha value is -6.70. The van der Waals surface area contributed by atoms with Gasteiger partial charge in [-0.3, -0.25) is 14.7 Å². The maximum atomic E-state index is 12.1. The van der Waals surface area contributed by atoms with Gasteiger partial charge in [-0.2, -0.15) is 5.53 Å². The van der Waals surface area contributed by atoms with Gasteiger partial charge >= 0.3 is 0 Å². The van der Waals surface area contributed by atoms with Crippen LogP contribution >= 0.6 is 0 Å². The van der Waals surface area contributed by atoms with Crippen LogP contribution in [-0.4, -0.2) is 20.4 Å². The van der Waals surface area contributed by atoms with Crippen molar-refractivity contribution < 1.29 is 13.4 Å². The van der Waals surface area contributed by atoms with Gasteiger partial charge in [0.2, 0.25) is 11.9 Å². The van der Waals surface area contributed by atoms with Crippen LogP contribution in [0.15, 0.2) is 33.1 Å². The van der Waals surface area contributed by atoms with Gasteiger partial charge in [0, 0.05) is 26.2 Å². The van der Waals surface area contributed by atoms with Crippen LogP contribution in [0.2, 0.25) is 0 Å². The topological polar surface area (TPSA) is 155 Å². The molecule has 0 saturated heterocycles. The van der Waals surface area contributed by atoms with E-state index in [1.807, 2.05) is 23.7 Å². The molecule has 44 heavy (non-hydrogen) atoms. The molecule has 2 aromatic heterocycles. The molecule has 2 heterocycles. The fraction of sp³-hybridized carbons (Fsp3) is 0.312. The average Bonchev–Trinajstić information content (AvgIpc) is 3.32. The van der Waals surface area contributed by atoms with Crippen LogP contribution in [0.3, 0.4) is 0 Å². The first-order chi connectivity index (χ1) is 21.4. The van der Waals surface area contributed by atoms with Crippen molar-refractivity contribution in [2.45, 2.75) is 59.4 Å². The molecule has 228 valence electrons. The van der Waals surface area contributed by atoms with Crippen molar-refractivity contribution in [2.75, 3.05) is 5.32 Å². The van der Waals surface area contributed by atoms with Crippen molar-refractivity contribution in [3.8, 4) is 82.9 Å². The van der Waals surface area contributed by atoms with Gasteiger partial charge in [-0.15, -0.1) is 4.91 Å². The summed E-state index contributed by atoms with van der Waals surface area (Å²) in [5, 5.41) is 12.1. The Morgan fingerprint density at radius 2 is 1.55 bits per heavy atom. The zero-order valence-corrected chi connectivity index (χ0v) is 24.5. The zero-order valence-electron chi connectivity index (χ0n) is 24.5. The lowest BCUT2D eigenvalue weighted by molar-refractivity contribution is -0.116. The molecule has 0 atom stereocenters. The second-order valence-corrected chi connectivity index (χ2v) is 8.52. The molecule has 1 aliphatic carbocycles. The molecule has 0 unspecified atom stereocenters. The number of nitrogens with one attached hydrogen (secondary N) is 2. The molecule has 1 aliphatic rings. The molecule has 1 fully saturated rings. The quantitative estimate of drug-likeness (QED) is 0.118. The predicted molar refractivity (Wildman–Crippen MR) is 179 cm³/mol. The summed E-state index contributed by atoms with van der Waals surface area (Å²) < 4.78 is 1.99. The number of carbonyl (C=O) groups excluding carboxylic acids is 1. The zero-order chi connectivity index (χ0) is 32.4. The number of hydrogen-bond donors (Lipinski definition) is 2. The minimum atomic E-state index is -0.0312. The third-order valence-corrected chi connectivity index (χ3v) is 4.98. The van der Waals surface area contributed by atoms with E-state index in [4.69, 9.17) is 17.0 Å². The number of fused-ring (bicyclic) bond motifs is 1. The van der Waals surface area contributed by atoms with Crippen LogP contribution in [0.1, 0.15) is 68.0 Å². The maximum Gasteiger partial charge on any atom is 0.271 e. The second-order valence-electron chi connectivity index (χ2n) is 8.52. The molecule has 1 amide bonds. The molecular formula is C32H38N10O2. The summed E-state index contributed by atoms with van der Waals surface area (Å²) in [4.78, 5) is 33.2. The number of carbonyl (C=O) groups is 1. The number of nitroso groups, excluding NO2 is 1. The Bertz CT molecular complexity index is 1820. The lowest BCUT2D eigenvalue weighted by Gasteiger charge is -2.27. The molecule has 12 heteroatoms. The molecule has 0 aliphatic heterocycles. The van der Waals surface area contributed by atoms with Crippen molar-refractivity contribution in [1.29, 1.82) is 5.53 Å². The van der Waals surface area contributed by atoms with Crippen LogP contribution in [0.4, 0.5) is 11.8 Å². The number of anilines is 1. The first-order valence-corrected chi connectivity index (χ1v) is 12.9. The van der Waals surface area contributed by atoms with Gasteiger partial charge in [0.1, 0.15) is 10.8 Å². The van der Waals surface area contributed by atoms with Crippen LogP contribution in [-0.2, 0) is 4.79 Å². The van der Waals surface area contributed by atoms with Gasteiger partial charge in [0.25, 0.3) is 11.5 Å². The van der Waals surface area contributed by atoms with E-state index in [1.54, 1.807) is 26.0 Å². The van der Waals surface area contributed by atoms with Crippen molar-refractivity contribution in [3.05, 3.63) is 28.5 Å². The standard InChI is InChI=1S/C16H19N5O.C16H6.HN5O.6H2/c1-10(2)9-14(22)20-16-18-12-7-8-13(17-3)19-15(12)21(16)11-5-4-6-11;1-3-5-7-9-11-13-15-16-14-12-10-8-6-4-2;1-2-3-4-5-6;;;;;;/h7-8,10-11H,4-6,9H2,1-2H3,(H,18,20,22);1-2H3;1H;6*1H/b;;2-1?,4-3+;;;;;;. The summed E-state index contributed by atoms with van der Waals surface area (Å²) in [6.07, 6.45) is 3.76. The lowest BCUT2D eigenvalue weighted by atomic mass is 9.93. The van der Waals surface area contributed by atoms with Crippen LogP contribution in [0, 0.1) is 106 Å². The smallest absolute Gasteiger partial charge is 0.271 e. The number of nitrogens with zero attached hydrogens (tertiary/aromatic N) is 8. The largest absolute Gasteiger partial charge is 0.361 e. The monoisotopic (exact) mass is 594 g/mol. The summed E-state index contributed by atoms with van der Waals surface area (Å²) in [5.74, 6) is 36.8. The Balaban J connectivity index is -0.000000155. The molecule has 0 aromatic carbocycles. The van der Waals surface area contributed by atoms with E-state index in [9.17, 15) is 4.79 Å².